The Hall–Kier alpha value is -2.37. The van der Waals surface area contributed by atoms with Crippen LogP contribution < -0.4 is 0 Å². The molecular formula is C58H106O6. The van der Waals surface area contributed by atoms with E-state index in [0.29, 0.717) is 19.3 Å². The van der Waals surface area contributed by atoms with Crippen LogP contribution in [0.15, 0.2) is 36.5 Å². The molecule has 0 saturated heterocycles. The molecule has 0 rings (SSSR count). The zero-order valence-electron chi connectivity index (χ0n) is 42.8. The number of unbranched alkanes of at least 4 members (excludes halogenated alkanes) is 34. The molecule has 0 aliphatic heterocycles. The first-order valence-electron chi connectivity index (χ1n) is 28.0. The molecule has 1 atom stereocenters. The number of hydrogen-bond acceptors (Lipinski definition) is 6. The van der Waals surface area contributed by atoms with Crippen molar-refractivity contribution in [1.29, 1.82) is 0 Å². The summed E-state index contributed by atoms with van der Waals surface area (Å²) < 4.78 is 16.8. The Labute approximate surface area is 397 Å². The second-order valence-electron chi connectivity index (χ2n) is 18.8. The molecule has 0 aromatic heterocycles. The molecule has 64 heavy (non-hydrogen) atoms. The van der Waals surface area contributed by atoms with Gasteiger partial charge in [-0.3, -0.25) is 14.4 Å². The number of ether oxygens (including phenoxy) is 3. The van der Waals surface area contributed by atoms with Gasteiger partial charge in [0.2, 0.25) is 0 Å². The summed E-state index contributed by atoms with van der Waals surface area (Å²) in [5.41, 5.74) is 0. The maximum absolute atomic E-state index is 12.8. The van der Waals surface area contributed by atoms with E-state index < -0.39 is 6.10 Å². The quantitative estimate of drug-likeness (QED) is 0.0262. The Kier molecular flexibility index (Phi) is 51.3. The molecule has 0 N–H and O–H groups in total. The van der Waals surface area contributed by atoms with E-state index in [1.165, 1.54) is 186 Å². The van der Waals surface area contributed by atoms with Gasteiger partial charge in [0.25, 0.3) is 0 Å². The average molecular weight is 899 g/mol. The van der Waals surface area contributed by atoms with Crippen LogP contribution in [0.4, 0.5) is 0 Å². The lowest BCUT2D eigenvalue weighted by molar-refractivity contribution is -0.167. The highest BCUT2D eigenvalue weighted by atomic mass is 16.6. The van der Waals surface area contributed by atoms with E-state index in [4.69, 9.17) is 14.2 Å². The van der Waals surface area contributed by atoms with Gasteiger partial charge in [0.1, 0.15) is 13.2 Å². The predicted molar refractivity (Wildman–Crippen MR) is 275 cm³/mol. The third-order valence-electron chi connectivity index (χ3n) is 12.3. The highest BCUT2D eigenvalue weighted by Crippen LogP contribution is 2.15. The molecule has 6 nitrogen and oxygen atoms in total. The van der Waals surface area contributed by atoms with Crippen LogP contribution in [0.25, 0.3) is 0 Å². The number of hydrogen-bond donors (Lipinski definition) is 0. The van der Waals surface area contributed by atoms with Crippen molar-refractivity contribution >= 4 is 17.9 Å². The number of allylic oxidation sites excluding steroid dienone is 6. The van der Waals surface area contributed by atoms with Crippen LogP contribution in [-0.2, 0) is 28.6 Å². The van der Waals surface area contributed by atoms with E-state index in [0.717, 1.165) is 70.6 Å². The molecule has 0 heterocycles. The van der Waals surface area contributed by atoms with Gasteiger partial charge in [0.15, 0.2) is 6.10 Å². The average Bonchev–Trinajstić information content (AvgIpc) is 3.29. The standard InChI is InChI=1S/C58H106O6/c1-4-7-10-13-16-19-22-24-26-28-29-30-32-33-36-39-42-45-48-51-57(60)63-54-55(53-62-56(59)50-47-44-41-38-35-21-18-15-12-9-6-3)64-58(61)52-49-46-43-40-37-34-31-27-25-23-20-17-14-11-8-5-2/h15,18,24,26-27,31,55H,4-14,16-17,19-23,25,28-30,32-54H2,1-3H3/b18-15-,26-24-,31-27-. The normalized spacial score (nSPS) is 12.2. The summed E-state index contributed by atoms with van der Waals surface area (Å²) in [6, 6.07) is 0. The largest absolute Gasteiger partial charge is 0.462 e. The molecule has 6 heteroatoms. The fourth-order valence-corrected chi connectivity index (χ4v) is 8.06. The van der Waals surface area contributed by atoms with E-state index in [-0.39, 0.29) is 31.1 Å². The first-order chi connectivity index (χ1) is 31.5. The molecule has 0 amide bonds. The minimum Gasteiger partial charge on any atom is -0.462 e. The van der Waals surface area contributed by atoms with Gasteiger partial charge in [-0.15, -0.1) is 0 Å². The van der Waals surface area contributed by atoms with Gasteiger partial charge in [0, 0.05) is 19.3 Å². The summed E-state index contributed by atoms with van der Waals surface area (Å²) in [5, 5.41) is 0. The predicted octanol–water partition coefficient (Wildman–Crippen LogP) is 18.5. The fraction of sp³-hybridized carbons (Fsp3) is 0.845. The maximum atomic E-state index is 12.8. The van der Waals surface area contributed by atoms with Crippen LogP contribution in [-0.4, -0.2) is 37.2 Å². The zero-order valence-corrected chi connectivity index (χ0v) is 42.8. The number of rotatable bonds is 51. The van der Waals surface area contributed by atoms with E-state index >= 15 is 0 Å². The summed E-state index contributed by atoms with van der Waals surface area (Å²) in [5.74, 6) is -0.885. The third kappa shape index (κ3) is 50.6. The van der Waals surface area contributed by atoms with Gasteiger partial charge < -0.3 is 14.2 Å². The first-order valence-corrected chi connectivity index (χ1v) is 28.0. The molecular weight excluding hydrogens is 793 g/mol. The molecule has 0 spiro atoms. The van der Waals surface area contributed by atoms with Crippen molar-refractivity contribution in [1.82, 2.24) is 0 Å². The van der Waals surface area contributed by atoms with Crippen molar-refractivity contribution in [2.24, 2.45) is 0 Å². The minimum absolute atomic E-state index is 0.0772. The lowest BCUT2D eigenvalue weighted by Gasteiger charge is -2.18. The maximum Gasteiger partial charge on any atom is 0.306 e. The van der Waals surface area contributed by atoms with Crippen LogP contribution in [0.1, 0.15) is 297 Å². The lowest BCUT2D eigenvalue weighted by Crippen LogP contribution is -2.30. The second kappa shape index (κ2) is 53.2. The SMILES string of the molecule is CCCC/C=C\CCCCCCCC(=O)OCC(COC(=O)CCCCCCCCCCC/C=C\CCCCCCCC)OC(=O)CCCCCCC/C=C\CCCCCCCCC. The summed E-state index contributed by atoms with van der Waals surface area (Å²) in [6.07, 6.45) is 62.8. The lowest BCUT2D eigenvalue weighted by atomic mass is 10.1. The minimum atomic E-state index is -0.778. The second-order valence-corrected chi connectivity index (χ2v) is 18.8. The van der Waals surface area contributed by atoms with Crippen LogP contribution in [0.5, 0.6) is 0 Å². The Morgan fingerprint density at radius 1 is 0.297 bits per heavy atom. The first kappa shape index (κ1) is 61.6. The van der Waals surface area contributed by atoms with Crippen LogP contribution >= 0.6 is 0 Å². The molecule has 0 aliphatic carbocycles. The molecule has 0 aromatic carbocycles. The number of esters is 3. The summed E-state index contributed by atoms with van der Waals surface area (Å²) >= 11 is 0. The highest BCUT2D eigenvalue weighted by Gasteiger charge is 2.19. The van der Waals surface area contributed by atoms with E-state index in [1.807, 2.05) is 0 Å². The van der Waals surface area contributed by atoms with Crippen molar-refractivity contribution in [2.45, 2.75) is 303 Å². The van der Waals surface area contributed by atoms with Crippen molar-refractivity contribution in [3.05, 3.63) is 36.5 Å². The molecule has 0 saturated carbocycles. The van der Waals surface area contributed by atoms with Gasteiger partial charge in [0.05, 0.1) is 0 Å². The molecule has 374 valence electrons. The van der Waals surface area contributed by atoms with Crippen LogP contribution in [0, 0.1) is 0 Å². The van der Waals surface area contributed by atoms with Gasteiger partial charge in [-0.25, -0.2) is 0 Å². The van der Waals surface area contributed by atoms with Gasteiger partial charge in [-0.2, -0.15) is 0 Å². The highest BCUT2D eigenvalue weighted by molar-refractivity contribution is 5.71. The van der Waals surface area contributed by atoms with Crippen molar-refractivity contribution in [2.75, 3.05) is 13.2 Å². The molecule has 0 radical (unpaired) electrons. The summed E-state index contributed by atoms with van der Waals surface area (Å²) in [4.78, 5) is 38.0. The monoisotopic (exact) mass is 899 g/mol. The smallest absolute Gasteiger partial charge is 0.306 e. The van der Waals surface area contributed by atoms with Crippen molar-refractivity contribution < 1.29 is 28.6 Å². The number of carbonyl (C=O) groups excluding carboxylic acids is 3. The van der Waals surface area contributed by atoms with Crippen LogP contribution in [0.2, 0.25) is 0 Å². The summed E-state index contributed by atoms with van der Waals surface area (Å²) in [6.45, 7) is 6.61. The van der Waals surface area contributed by atoms with Crippen molar-refractivity contribution in [3.63, 3.8) is 0 Å². The topological polar surface area (TPSA) is 78.9 Å². The van der Waals surface area contributed by atoms with Crippen LogP contribution in [0.3, 0.4) is 0 Å². The van der Waals surface area contributed by atoms with E-state index in [2.05, 4.69) is 57.2 Å². The fourth-order valence-electron chi connectivity index (χ4n) is 8.06. The summed E-state index contributed by atoms with van der Waals surface area (Å²) in [7, 11) is 0. The molecule has 0 aliphatic rings. The molecule has 0 bridgehead atoms. The molecule has 0 aromatic rings. The molecule has 0 fully saturated rings. The van der Waals surface area contributed by atoms with Crippen molar-refractivity contribution in [3.8, 4) is 0 Å². The third-order valence-corrected chi connectivity index (χ3v) is 12.3. The van der Waals surface area contributed by atoms with Gasteiger partial charge >= 0.3 is 17.9 Å². The Bertz CT molecular complexity index is 1080. The molecule has 1 unspecified atom stereocenters. The Morgan fingerprint density at radius 2 is 0.531 bits per heavy atom. The van der Waals surface area contributed by atoms with Gasteiger partial charge in [-0.05, 0) is 89.9 Å². The number of carbonyl (C=O) groups is 3. The van der Waals surface area contributed by atoms with E-state index in [1.54, 1.807) is 0 Å². The Morgan fingerprint density at radius 3 is 0.828 bits per heavy atom. The van der Waals surface area contributed by atoms with Gasteiger partial charge in [-0.1, -0.05) is 224 Å². The van der Waals surface area contributed by atoms with E-state index in [9.17, 15) is 14.4 Å². The zero-order chi connectivity index (χ0) is 46.5. The Balaban J connectivity index is 4.32.